The topological polar surface area (TPSA) is 89.3 Å². The van der Waals surface area contributed by atoms with Gasteiger partial charge >= 0.3 is 0 Å². The highest BCUT2D eigenvalue weighted by molar-refractivity contribution is 5.98. The normalized spacial score (nSPS) is 11.8. The van der Waals surface area contributed by atoms with Gasteiger partial charge in [-0.15, -0.1) is 0 Å². The average Bonchev–Trinajstić information content (AvgIpc) is 2.69. The Bertz CT molecular complexity index is 573. The maximum atomic E-state index is 8.73. The second-order valence-electron chi connectivity index (χ2n) is 3.64. The van der Waals surface area contributed by atoms with Gasteiger partial charge in [-0.1, -0.05) is 5.16 Å². The Labute approximate surface area is 98.4 Å². The van der Waals surface area contributed by atoms with Crippen LogP contribution in [0.1, 0.15) is 17.1 Å². The van der Waals surface area contributed by atoms with Gasteiger partial charge < -0.3 is 15.5 Å². The third-order valence-corrected chi connectivity index (χ3v) is 2.65. The summed E-state index contributed by atoms with van der Waals surface area (Å²) in [4.78, 5) is 8.32. The fraction of sp³-hybridized carbons (Fsp3) is 0.182. The van der Waals surface area contributed by atoms with Crippen LogP contribution in [0.3, 0.4) is 0 Å². The zero-order valence-electron chi connectivity index (χ0n) is 9.62. The minimum absolute atomic E-state index is 0.0219. The highest BCUT2D eigenvalue weighted by atomic mass is 16.4. The minimum atomic E-state index is -0.0219. The fourth-order valence-corrected chi connectivity index (χ4v) is 1.58. The molecule has 6 nitrogen and oxygen atoms in total. The Morgan fingerprint density at radius 2 is 2.18 bits per heavy atom. The van der Waals surface area contributed by atoms with Crippen molar-refractivity contribution in [3.05, 3.63) is 41.7 Å². The number of amidine groups is 1. The van der Waals surface area contributed by atoms with Crippen molar-refractivity contribution in [1.29, 1.82) is 0 Å². The van der Waals surface area contributed by atoms with E-state index in [-0.39, 0.29) is 5.84 Å². The minimum Gasteiger partial charge on any atom is -0.409 e. The number of aromatic nitrogens is 3. The van der Waals surface area contributed by atoms with Gasteiger partial charge in [0.1, 0.15) is 5.69 Å². The molecule has 0 saturated carbocycles. The molecule has 0 aliphatic carbocycles. The number of nitrogens with two attached hydrogens (primary N) is 1. The number of pyridine rings is 1. The summed E-state index contributed by atoms with van der Waals surface area (Å²) in [5.41, 5.74) is 8.68. The third-order valence-electron chi connectivity index (χ3n) is 2.65. The van der Waals surface area contributed by atoms with E-state index in [0.717, 1.165) is 17.1 Å². The first-order chi connectivity index (χ1) is 8.15. The highest BCUT2D eigenvalue weighted by Gasteiger charge is 2.12. The molecular weight excluding hydrogens is 218 g/mol. The van der Waals surface area contributed by atoms with Crippen molar-refractivity contribution in [2.24, 2.45) is 10.9 Å². The molecule has 0 radical (unpaired) electrons. The summed E-state index contributed by atoms with van der Waals surface area (Å²) >= 11 is 0. The van der Waals surface area contributed by atoms with E-state index in [2.05, 4.69) is 15.1 Å². The van der Waals surface area contributed by atoms with Crippen LogP contribution in [-0.2, 0) is 0 Å². The predicted octanol–water partition coefficient (Wildman–Crippen LogP) is 0.979. The van der Waals surface area contributed by atoms with E-state index in [9.17, 15) is 0 Å². The van der Waals surface area contributed by atoms with Crippen LogP contribution >= 0.6 is 0 Å². The van der Waals surface area contributed by atoms with Crippen LogP contribution in [0.4, 0.5) is 0 Å². The van der Waals surface area contributed by atoms with Crippen molar-refractivity contribution in [2.45, 2.75) is 13.8 Å². The first-order valence-corrected chi connectivity index (χ1v) is 5.09. The van der Waals surface area contributed by atoms with E-state index >= 15 is 0 Å². The second kappa shape index (κ2) is 4.25. The van der Waals surface area contributed by atoms with E-state index in [1.54, 1.807) is 18.6 Å². The molecule has 2 heterocycles. The van der Waals surface area contributed by atoms with E-state index in [4.69, 9.17) is 10.9 Å². The molecule has 0 aliphatic rings. The van der Waals surface area contributed by atoms with Crippen molar-refractivity contribution in [3.63, 3.8) is 0 Å². The molecule has 0 fully saturated rings. The largest absolute Gasteiger partial charge is 0.409 e. The van der Waals surface area contributed by atoms with Crippen molar-refractivity contribution in [1.82, 2.24) is 14.5 Å². The lowest BCUT2D eigenvalue weighted by molar-refractivity contribution is 0.318. The molecule has 0 saturated heterocycles. The maximum Gasteiger partial charge on any atom is 0.190 e. The molecule has 3 N–H and O–H groups in total. The molecular formula is C11H13N5O. The highest BCUT2D eigenvalue weighted by Crippen LogP contribution is 2.16. The van der Waals surface area contributed by atoms with Crippen LogP contribution in [0.2, 0.25) is 0 Å². The van der Waals surface area contributed by atoms with Gasteiger partial charge in [-0.25, -0.2) is 4.98 Å². The van der Waals surface area contributed by atoms with Crippen LogP contribution in [0.5, 0.6) is 0 Å². The molecule has 2 aromatic rings. The first kappa shape index (κ1) is 11.1. The lowest BCUT2D eigenvalue weighted by Gasteiger charge is -2.09. The number of hydrogen-bond acceptors (Lipinski definition) is 4. The predicted molar refractivity (Wildman–Crippen MR) is 63.3 cm³/mol. The van der Waals surface area contributed by atoms with Crippen LogP contribution in [0, 0.1) is 13.8 Å². The Balaban J connectivity index is 2.64. The number of nitrogens with zero attached hydrogens (tertiary/aromatic N) is 4. The van der Waals surface area contributed by atoms with E-state index in [1.165, 1.54) is 0 Å². The van der Waals surface area contributed by atoms with E-state index < -0.39 is 0 Å². The first-order valence-electron chi connectivity index (χ1n) is 5.09. The fourth-order valence-electron chi connectivity index (χ4n) is 1.58. The molecule has 2 rings (SSSR count). The molecule has 2 aromatic heterocycles. The number of aryl methyl sites for hydroxylation is 1. The molecule has 0 bridgehead atoms. The Kier molecular flexibility index (Phi) is 2.78. The number of hydrogen-bond donors (Lipinski definition) is 2. The standard InChI is InChI=1S/C11H13N5O/c1-7-8(2)16(6-14-7)9-4-3-5-13-10(9)11(12)15-17/h3-6,17H,1-2H3,(H2,12,15). The summed E-state index contributed by atoms with van der Waals surface area (Å²) in [6, 6.07) is 3.63. The molecule has 0 aliphatic heterocycles. The number of rotatable bonds is 2. The van der Waals surface area contributed by atoms with Gasteiger partial charge in [-0.2, -0.15) is 0 Å². The number of oxime groups is 1. The van der Waals surface area contributed by atoms with Gasteiger partial charge in [0.2, 0.25) is 0 Å². The van der Waals surface area contributed by atoms with Gasteiger partial charge in [0.15, 0.2) is 5.84 Å². The number of imidazole rings is 1. The average molecular weight is 231 g/mol. The summed E-state index contributed by atoms with van der Waals surface area (Å²) < 4.78 is 1.86. The Morgan fingerprint density at radius 3 is 2.76 bits per heavy atom. The lowest BCUT2D eigenvalue weighted by Crippen LogP contribution is -2.18. The molecule has 6 heteroatoms. The molecule has 0 aromatic carbocycles. The summed E-state index contributed by atoms with van der Waals surface area (Å²) in [6.45, 7) is 3.87. The van der Waals surface area contributed by atoms with Crippen molar-refractivity contribution in [2.75, 3.05) is 0 Å². The molecule has 88 valence electrons. The lowest BCUT2D eigenvalue weighted by atomic mass is 10.2. The summed E-state index contributed by atoms with van der Waals surface area (Å²) in [5.74, 6) is -0.0219. The van der Waals surface area contributed by atoms with Gasteiger partial charge in [-0.3, -0.25) is 4.98 Å². The van der Waals surface area contributed by atoms with Crippen LogP contribution < -0.4 is 5.73 Å². The second-order valence-corrected chi connectivity index (χ2v) is 3.64. The molecule has 0 spiro atoms. The monoisotopic (exact) mass is 231 g/mol. The van der Waals surface area contributed by atoms with Crippen molar-refractivity contribution >= 4 is 5.84 Å². The van der Waals surface area contributed by atoms with Gasteiger partial charge in [-0.05, 0) is 26.0 Å². The molecule has 0 unspecified atom stereocenters. The van der Waals surface area contributed by atoms with Crippen molar-refractivity contribution in [3.8, 4) is 5.69 Å². The smallest absolute Gasteiger partial charge is 0.190 e. The summed E-state index contributed by atoms with van der Waals surface area (Å²) in [6.07, 6.45) is 3.28. The maximum absolute atomic E-state index is 8.73. The quantitative estimate of drug-likeness (QED) is 0.349. The summed E-state index contributed by atoms with van der Waals surface area (Å²) in [7, 11) is 0. The molecule has 0 atom stereocenters. The molecule has 0 amide bonds. The Morgan fingerprint density at radius 1 is 1.41 bits per heavy atom. The van der Waals surface area contributed by atoms with Gasteiger partial charge in [0.05, 0.1) is 17.7 Å². The zero-order valence-corrected chi connectivity index (χ0v) is 9.62. The van der Waals surface area contributed by atoms with Crippen LogP contribution in [0.25, 0.3) is 5.69 Å². The van der Waals surface area contributed by atoms with Crippen molar-refractivity contribution < 1.29 is 5.21 Å². The SMILES string of the molecule is Cc1ncn(-c2cccnc2/C(N)=N/O)c1C. The Hall–Kier alpha value is -2.37. The van der Waals surface area contributed by atoms with Crippen LogP contribution in [-0.4, -0.2) is 25.6 Å². The third kappa shape index (κ3) is 1.84. The summed E-state index contributed by atoms with van der Waals surface area (Å²) in [5, 5.41) is 11.7. The molecule has 17 heavy (non-hydrogen) atoms. The van der Waals surface area contributed by atoms with Gasteiger partial charge in [0, 0.05) is 11.9 Å². The zero-order chi connectivity index (χ0) is 12.4. The van der Waals surface area contributed by atoms with Crippen LogP contribution in [0.15, 0.2) is 29.8 Å². The van der Waals surface area contributed by atoms with Gasteiger partial charge in [0.25, 0.3) is 0 Å². The van der Waals surface area contributed by atoms with E-state index in [0.29, 0.717) is 5.69 Å². The van der Waals surface area contributed by atoms with E-state index in [1.807, 2.05) is 24.5 Å².